The zero-order chi connectivity index (χ0) is 27.0. The molecule has 0 bridgehead atoms. The average molecular weight is 563 g/mol. The maximum Gasteiger partial charge on any atom is 0.591 e. The number of esters is 1. The minimum Gasteiger partial charge on any atom is -0.456 e. The molecule has 2 aliphatic rings. The van der Waals surface area contributed by atoms with E-state index in [9.17, 15) is 19.3 Å². The first-order valence-electron chi connectivity index (χ1n) is 11.3. The Morgan fingerprint density at radius 2 is 2.14 bits per heavy atom. The summed E-state index contributed by atoms with van der Waals surface area (Å²) in [5, 5.41) is 1.84. The van der Waals surface area contributed by atoms with E-state index in [0.29, 0.717) is 23.6 Å². The van der Waals surface area contributed by atoms with Crippen LogP contribution >= 0.6 is 19.8 Å². The van der Waals surface area contributed by atoms with Crippen molar-refractivity contribution in [3.8, 4) is 0 Å². The molecule has 1 aromatic heterocycles. The van der Waals surface area contributed by atoms with Crippen LogP contribution < -0.4 is 11.2 Å². The van der Waals surface area contributed by atoms with Crippen LogP contribution in [0.1, 0.15) is 38.2 Å². The molecule has 2 aromatic rings. The Balaban J connectivity index is 1.57. The minimum atomic E-state index is -4.04. The molecule has 12 nitrogen and oxygen atoms in total. The van der Waals surface area contributed by atoms with Gasteiger partial charge in [-0.1, -0.05) is 28.4 Å². The van der Waals surface area contributed by atoms with Crippen LogP contribution in [0.3, 0.4) is 0 Å². The Bertz CT molecular complexity index is 1260. The Morgan fingerprint density at radius 1 is 1.38 bits per heavy atom. The van der Waals surface area contributed by atoms with Gasteiger partial charge in [0.2, 0.25) is 0 Å². The zero-order valence-electron chi connectivity index (χ0n) is 20.2. The third-order valence-corrected chi connectivity index (χ3v) is 7.63. The molecule has 0 saturated carbocycles. The van der Waals surface area contributed by atoms with E-state index in [1.165, 1.54) is 5.06 Å². The zero-order valence-corrected chi connectivity index (χ0v) is 21.9. The molecule has 4 rings (SSSR count). The molecule has 0 spiro atoms. The van der Waals surface area contributed by atoms with Crippen molar-refractivity contribution in [3.05, 3.63) is 68.0 Å². The molecule has 1 aromatic carbocycles. The summed E-state index contributed by atoms with van der Waals surface area (Å²) in [5.41, 5.74) is -3.33. The van der Waals surface area contributed by atoms with E-state index in [2.05, 4.69) is 0 Å². The van der Waals surface area contributed by atoms with Crippen molar-refractivity contribution < 1.29 is 37.2 Å². The van der Waals surface area contributed by atoms with E-state index in [1.54, 1.807) is 31.3 Å². The molecule has 202 valence electrons. The smallest absolute Gasteiger partial charge is 0.456 e. The van der Waals surface area contributed by atoms with Gasteiger partial charge in [-0.25, -0.2) is 9.18 Å². The third kappa shape index (κ3) is 6.27. The second-order valence-electron chi connectivity index (χ2n) is 8.86. The standard InChI is InChI=1S/C22H26ClFN3O9P/c1-13(28)33-19-17(34-20(22(19,2)24)27-10-8-18(29)25-21(27)30)12-32-37(31)35-16(7-9-26(3)36-37)14-5-4-6-15(23)11-14/h4-6,8,10-11,16-17,19-20,31H,7,9,12H2,1-3H3/p+1. The molecule has 0 radical (unpaired) electrons. The van der Waals surface area contributed by atoms with Crippen molar-refractivity contribution in [1.29, 1.82) is 0 Å². The van der Waals surface area contributed by atoms with Crippen LogP contribution in [0.5, 0.6) is 0 Å². The Labute approximate surface area is 216 Å². The van der Waals surface area contributed by atoms with Gasteiger partial charge >= 0.3 is 19.8 Å². The van der Waals surface area contributed by atoms with E-state index in [1.807, 2.05) is 4.98 Å². The topological polar surface area (TPSA) is 142 Å². The molecule has 0 aliphatic carbocycles. The Kier molecular flexibility index (Phi) is 8.17. The molecule has 6 atom stereocenters. The highest BCUT2D eigenvalue weighted by Crippen LogP contribution is 2.63. The molecule has 0 amide bonds. The summed E-state index contributed by atoms with van der Waals surface area (Å²) in [6.07, 6.45) is -3.51. The normalized spacial score (nSPS) is 32.7. The highest BCUT2D eigenvalue weighted by atomic mass is 35.5. The SMILES string of the molecule is CC(=O)OC1C(CO[P+]2(O)OC(c3cccc(Cl)c3)CCN(C)O2)OC(n2ccc(=O)[nH]c2=O)C1(C)F. The number of hydrogen-bond acceptors (Lipinski definition) is 10. The molecule has 2 aliphatic heterocycles. The number of hydrogen-bond donors (Lipinski definition) is 2. The Hall–Kier alpha value is -2.22. The van der Waals surface area contributed by atoms with Gasteiger partial charge in [-0.15, -0.1) is 14.1 Å². The van der Waals surface area contributed by atoms with E-state index in [-0.39, 0.29) is 0 Å². The van der Waals surface area contributed by atoms with E-state index < -0.39 is 62.2 Å². The first-order valence-corrected chi connectivity index (χ1v) is 13.2. The predicted molar refractivity (Wildman–Crippen MR) is 129 cm³/mol. The number of benzene rings is 1. The number of alkyl halides is 1. The maximum absolute atomic E-state index is 16.0. The van der Waals surface area contributed by atoms with Crippen LogP contribution in [-0.4, -0.2) is 63.6 Å². The third-order valence-electron chi connectivity index (χ3n) is 5.91. The van der Waals surface area contributed by atoms with Crippen molar-refractivity contribution in [2.24, 2.45) is 0 Å². The Morgan fingerprint density at radius 3 is 2.81 bits per heavy atom. The molecule has 3 heterocycles. The van der Waals surface area contributed by atoms with Crippen LogP contribution in [0, 0.1) is 0 Å². The molecular formula is C22H27ClFN3O9P+. The molecule has 6 unspecified atom stereocenters. The van der Waals surface area contributed by atoms with E-state index >= 15 is 4.39 Å². The van der Waals surface area contributed by atoms with Crippen LogP contribution in [0.25, 0.3) is 0 Å². The number of carbonyl (C=O) groups is 1. The monoisotopic (exact) mass is 562 g/mol. The fourth-order valence-corrected chi connectivity index (χ4v) is 5.89. The highest BCUT2D eigenvalue weighted by molar-refractivity contribution is 7.55. The number of aromatic nitrogens is 2. The second kappa shape index (κ2) is 10.9. The summed E-state index contributed by atoms with van der Waals surface area (Å²) in [7, 11) is -2.45. The minimum absolute atomic E-state index is 0.388. The summed E-state index contributed by atoms with van der Waals surface area (Å²) in [4.78, 5) is 48.7. The van der Waals surface area contributed by atoms with Crippen molar-refractivity contribution in [1.82, 2.24) is 14.6 Å². The number of nitrogens with one attached hydrogen (secondary N) is 1. The second-order valence-corrected chi connectivity index (χ2v) is 10.9. The number of hydroxylamine groups is 2. The highest BCUT2D eigenvalue weighted by Gasteiger charge is 2.60. The number of ether oxygens (including phenoxy) is 2. The summed E-state index contributed by atoms with van der Waals surface area (Å²) in [6.45, 7) is 2.05. The van der Waals surface area contributed by atoms with Gasteiger partial charge < -0.3 is 9.47 Å². The molecular weight excluding hydrogens is 536 g/mol. The maximum atomic E-state index is 16.0. The average Bonchev–Trinajstić information content (AvgIpc) is 2.94. The lowest BCUT2D eigenvalue weighted by Crippen LogP contribution is -2.45. The summed E-state index contributed by atoms with van der Waals surface area (Å²) >= 11 is 6.10. The lowest BCUT2D eigenvalue weighted by atomic mass is 9.98. The van der Waals surface area contributed by atoms with Crippen LogP contribution in [0.15, 0.2) is 46.1 Å². The number of nitrogens with zero attached hydrogens (tertiary/aromatic N) is 2. The van der Waals surface area contributed by atoms with Crippen molar-refractivity contribution in [3.63, 3.8) is 0 Å². The number of H-pyrrole nitrogens is 1. The van der Waals surface area contributed by atoms with Crippen molar-refractivity contribution >= 4 is 25.7 Å². The fourth-order valence-electron chi connectivity index (χ4n) is 4.22. The molecule has 2 N–H and O–H groups in total. The van der Waals surface area contributed by atoms with Gasteiger partial charge in [0.25, 0.3) is 5.56 Å². The number of rotatable bonds is 6. The predicted octanol–water partition coefficient (Wildman–Crippen LogP) is 2.46. The van der Waals surface area contributed by atoms with Gasteiger partial charge in [0.15, 0.2) is 18.0 Å². The summed E-state index contributed by atoms with van der Waals surface area (Å²) in [5.74, 6) is -0.798. The van der Waals surface area contributed by atoms with Gasteiger partial charge in [-0.3, -0.25) is 19.1 Å². The molecule has 15 heteroatoms. The van der Waals surface area contributed by atoms with Gasteiger partial charge in [0.05, 0.1) is 0 Å². The van der Waals surface area contributed by atoms with Gasteiger partial charge in [-0.05, 0) is 31.0 Å². The van der Waals surface area contributed by atoms with Gasteiger partial charge in [-0.2, -0.15) is 4.89 Å². The fraction of sp³-hybridized carbons (Fsp3) is 0.500. The van der Waals surface area contributed by atoms with Crippen molar-refractivity contribution in [2.75, 3.05) is 20.2 Å². The molecule has 2 saturated heterocycles. The lowest BCUT2D eigenvalue weighted by Gasteiger charge is -2.27. The van der Waals surface area contributed by atoms with Crippen molar-refractivity contribution in [2.45, 2.75) is 50.5 Å². The number of aromatic amines is 1. The largest absolute Gasteiger partial charge is 0.591 e. The summed E-state index contributed by atoms with van der Waals surface area (Å²) < 4.78 is 44.8. The van der Waals surface area contributed by atoms with Crippen LogP contribution in [-0.2, 0) is 27.9 Å². The van der Waals surface area contributed by atoms with Crippen LogP contribution in [0.2, 0.25) is 5.02 Å². The van der Waals surface area contributed by atoms with Gasteiger partial charge in [0, 0.05) is 37.8 Å². The quantitative estimate of drug-likeness (QED) is 0.398. The first kappa shape index (κ1) is 27.8. The summed E-state index contributed by atoms with van der Waals surface area (Å²) in [6, 6.07) is 7.95. The van der Waals surface area contributed by atoms with E-state index in [0.717, 1.165) is 30.7 Å². The number of halogens is 2. The molecule has 2 fully saturated rings. The number of carbonyl (C=O) groups excluding carboxylic acids is 1. The first-order chi connectivity index (χ1) is 17.4. The molecule has 37 heavy (non-hydrogen) atoms. The lowest BCUT2D eigenvalue weighted by molar-refractivity contribution is -0.155. The van der Waals surface area contributed by atoms with E-state index in [4.69, 9.17) is 34.7 Å². The van der Waals surface area contributed by atoms with Crippen LogP contribution in [0.4, 0.5) is 4.39 Å². The van der Waals surface area contributed by atoms with Gasteiger partial charge in [0.1, 0.15) is 18.8 Å².